The van der Waals surface area contributed by atoms with E-state index in [1.54, 1.807) is 41.5 Å². The molecular weight excluding hydrogens is 619 g/mol. The van der Waals surface area contributed by atoms with E-state index in [9.17, 15) is 44.1 Å². The third-order valence-electron chi connectivity index (χ3n) is 7.83. The first-order valence-electron chi connectivity index (χ1n) is 14.4. The topological polar surface area (TPSA) is 172 Å². The van der Waals surface area contributed by atoms with Crippen LogP contribution >= 0.6 is 0 Å². The summed E-state index contributed by atoms with van der Waals surface area (Å²) in [7, 11) is 0. The van der Waals surface area contributed by atoms with Gasteiger partial charge < -0.3 is 29.7 Å². The summed E-state index contributed by atoms with van der Waals surface area (Å²) >= 11 is 0. The molecule has 10 heteroatoms. The SMILES string of the molecule is CCCC(=O)C(CC)(CC)C(=O)[O-].CCCC(=O)C(CC)(CC)C(=O)[O-].CCCC(=O)C(CC)(CC)C(=O)[O-].[In+3]. The predicted molar refractivity (Wildman–Crippen MR) is 150 cm³/mol. The van der Waals surface area contributed by atoms with Gasteiger partial charge in [-0.15, -0.1) is 0 Å². The fraction of sp³-hybridized carbons (Fsp3) is 0.800. The molecule has 0 aromatic carbocycles. The van der Waals surface area contributed by atoms with Crippen molar-refractivity contribution in [1.29, 1.82) is 0 Å². The smallest absolute Gasteiger partial charge is 0.549 e. The molecule has 0 rings (SSSR count). The summed E-state index contributed by atoms with van der Waals surface area (Å²) < 4.78 is 0. The van der Waals surface area contributed by atoms with Gasteiger partial charge in [0.15, 0.2) is 0 Å². The van der Waals surface area contributed by atoms with Crippen molar-refractivity contribution in [2.75, 3.05) is 0 Å². The van der Waals surface area contributed by atoms with Crippen molar-refractivity contribution in [1.82, 2.24) is 0 Å². The van der Waals surface area contributed by atoms with Crippen molar-refractivity contribution in [3.63, 3.8) is 0 Å². The number of carboxylic acids is 3. The van der Waals surface area contributed by atoms with Gasteiger partial charge in [-0.2, -0.15) is 0 Å². The molecule has 0 bridgehead atoms. The summed E-state index contributed by atoms with van der Waals surface area (Å²) in [5.41, 5.74) is -3.72. The Morgan fingerprint density at radius 1 is 0.400 bits per heavy atom. The second-order valence-electron chi connectivity index (χ2n) is 9.75. The van der Waals surface area contributed by atoms with E-state index in [4.69, 9.17) is 0 Å². The molecule has 0 amide bonds. The first-order valence-corrected chi connectivity index (χ1v) is 14.4. The number of rotatable bonds is 18. The van der Waals surface area contributed by atoms with Crippen molar-refractivity contribution in [3.8, 4) is 0 Å². The Morgan fingerprint density at radius 2 is 0.550 bits per heavy atom. The number of carboxylic acid groups (broad SMARTS) is 3. The molecule has 0 heterocycles. The predicted octanol–water partition coefficient (Wildman–Crippen LogP) is 2.35. The average molecular weight is 671 g/mol. The van der Waals surface area contributed by atoms with E-state index >= 15 is 0 Å². The van der Waals surface area contributed by atoms with Crippen LogP contribution in [0.1, 0.15) is 139 Å². The molecule has 0 atom stereocenters. The first-order chi connectivity index (χ1) is 18.1. The second-order valence-corrected chi connectivity index (χ2v) is 9.75. The minimum Gasteiger partial charge on any atom is -0.549 e. The Kier molecular flexibility index (Phi) is 25.9. The quantitative estimate of drug-likeness (QED) is 0.199. The standard InChI is InChI=1S/3C10H18O3.In/c3*1-4-7-8(11)10(5-2,6-3)9(12)13;/h3*4-7H2,1-3H3,(H,12,13);/q;;;+3/p-3. The minimum atomic E-state index is -1.24. The molecule has 228 valence electrons. The summed E-state index contributed by atoms with van der Waals surface area (Å²) in [4.78, 5) is 67.2. The Hall–Kier alpha value is -1.71. The van der Waals surface area contributed by atoms with Crippen molar-refractivity contribution >= 4 is 61.1 Å². The molecule has 9 nitrogen and oxygen atoms in total. The third-order valence-corrected chi connectivity index (χ3v) is 7.83. The molecule has 0 radical (unpaired) electrons. The molecule has 0 saturated heterocycles. The fourth-order valence-corrected chi connectivity index (χ4v) is 4.54. The zero-order valence-electron chi connectivity index (χ0n) is 26.2. The normalized spacial score (nSPS) is 11.0. The molecule has 0 aliphatic heterocycles. The molecule has 0 saturated carbocycles. The number of carbonyl (C=O) groups excluding carboxylic acids is 6. The number of Topliss-reactive ketones (excluding diaryl/α,β-unsaturated/α-hetero) is 3. The van der Waals surface area contributed by atoms with Gasteiger partial charge in [0.25, 0.3) is 0 Å². The summed E-state index contributed by atoms with van der Waals surface area (Å²) in [6.07, 6.45) is 5.00. The molecule has 0 aliphatic carbocycles. The van der Waals surface area contributed by atoms with Gasteiger partial charge in [0.1, 0.15) is 17.3 Å². The van der Waals surface area contributed by atoms with E-state index in [1.165, 1.54) is 0 Å². The summed E-state index contributed by atoms with van der Waals surface area (Å²) in [6.45, 7) is 15.9. The Bertz CT molecular complexity index is 688. The molecular formula is C30H51InO9. The van der Waals surface area contributed by atoms with Gasteiger partial charge in [-0.3, -0.25) is 14.4 Å². The number of hydrogen-bond donors (Lipinski definition) is 0. The van der Waals surface area contributed by atoms with Crippen LogP contribution in [0.15, 0.2) is 0 Å². The molecule has 0 aromatic rings. The van der Waals surface area contributed by atoms with Crippen molar-refractivity contribution in [3.05, 3.63) is 0 Å². The maximum atomic E-state index is 11.5. The summed E-state index contributed by atoms with van der Waals surface area (Å²) in [5.74, 6) is -4.26. The second kappa shape index (κ2) is 22.9. The average Bonchev–Trinajstić information content (AvgIpc) is 2.88. The number of hydrogen-bond acceptors (Lipinski definition) is 9. The van der Waals surface area contributed by atoms with Crippen LogP contribution < -0.4 is 15.3 Å². The Labute approximate surface area is 260 Å². The van der Waals surface area contributed by atoms with E-state index in [-0.39, 0.29) is 43.2 Å². The van der Waals surface area contributed by atoms with Crippen LogP contribution in [-0.2, 0) is 28.8 Å². The van der Waals surface area contributed by atoms with Gasteiger partial charge in [0.2, 0.25) is 0 Å². The Morgan fingerprint density at radius 3 is 0.625 bits per heavy atom. The Balaban J connectivity index is -0.000000240. The van der Waals surface area contributed by atoms with Crippen LogP contribution in [0.2, 0.25) is 0 Å². The molecule has 0 aromatic heterocycles. The van der Waals surface area contributed by atoms with Crippen LogP contribution in [-0.4, -0.2) is 61.1 Å². The molecule has 0 fully saturated rings. The third kappa shape index (κ3) is 12.0. The van der Waals surface area contributed by atoms with E-state index in [1.807, 2.05) is 20.8 Å². The van der Waals surface area contributed by atoms with Crippen LogP contribution in [0.4, 0.5) is 0 Å². The monoisotopic (exact) mass is 670 g/mol. The van der Waals surface area contributed by atoms with Crippen LogP contribution in [0, 0.1) is 16.2 Å². The number of carbonyl (C=O) groups is 6. The molecule has 40 heavy (non-hydrogen) atoms. The zero-order valence-corrected chi connectivity index (χ0v) is 29.5. The summed E-state index contributed by atoms with van der Waals surface area (Å²) in [6, 6.07) is 0. The first kappa shape index (κ1) is 45.3. The largest absolute Gasteiger partial charge is 3.00 e. The van der Waals surface area contributed by atoms with Crippen LogP contribution in [0.25, 0.3) is 0 Å². The van der Waals surface area contributed by atoms with E-state index in [0.717, 1.165) is 0 Å². The van der Waals surface area contributed by atoms with Gasteiger partial charge in [0.05, 0.1) is 34.2 Å². The van der Waals surface area contributed by atoms with Gasteiger partial charge in [-0.25, -0.2) is 0 Å². The minimum absolute atomic E-state index is 0. The van der Waals surface area contributed by atoms with Gasteiger partial charge in [-0.05, 0) is 57.8 Å². The fourth-order valence-electron chi connectivity index (χ4n) is 4.54. The zero-order chi connectivity index (χ0) is 31.4. The number of aliphatic carboxylic acids is 3. The van der Waals surface area contributed by atoms with E-state index in [2.05, 4.69) is 0 Å². The number of ketones is 3. The molecule has 0 N–H and O–H groups in total. The maximum absolute atomic E-state index is 11.5. The maximum Gasteiger partial charge on any atom is 3.00 e. The van der Waals surface area contributed by atoms with E-state index < -0.39 is 34.2 Å². The van der Waals surface area contributed by atoms with Crippen LogP contribution in [0.3, 0.4) is 0 Å². The van der Waals surface area contributed by atoms with Crippen LogP contribution in [0.5, 0.6) is 0 Å². The van der Waals surface area contributed by atoms with Gasteiger partial charge in [0, 0.05) is 19.3 Å². The van der Waals surface area contributed by atoms with Crippen molar-refractivity contribution in [2.24, 2.45) is 16.2 Å². The van der Waals surface area contributed by atoms with Gasteiger partial charge in [-0.1, -0.05) is 62.3 Å². The molecule has 0 unspecified atom stereocenters. The molecule has 0 spiro atoms. The van der Waals surface area contributed by atoms with Crippen molar-refractivity contribution in [2.45, 2.75) is 139 Å². The van der Waals surface area contributed by atoms with Crippen molar-refractivity contribution < 1.29 is 44.1 Å². The summed E-state index contributed by atoms with van der Waals surface area (Å²) in [5, 5.41) is 32.6. The van der Waals surface area contributed by atoms with E-state index in [0.29, 0.717) is 77.0 Å². The van der Waals surface area contributed by atoms with Gasteiger partial charge >= 0.3 is 25.8 Å². The molecule has 0 aliphatic rings.